The number of methoxy groups -OCH3 is 1. The van der Waals surface area contributed by atoms with Crippen molar-refractivity contribution in [2.75, 3.05) is 7.11 Å². The van der Waals surface area contributed by atoms with Gasteiger partial charge in [0, 0.05) is 5.56 Å². The molecule has 0 aromatic heterocycles. The van der Waals surface area contributed by atoms with Crippen LogP contribution in [0.25, 0.3) is 0 Å². The van der Waals surface area contributed by atoms with Crippen LogP contribution in [-0.2, 0) is 0 Å². The van der Waals surface area contributed by atoms with Crippen LogP contribution in [0.5, 0.6) is 5.75 Å². The molecule has 1 radical (unpaired) electrons. The Balaban J connectivity index is 2.91. The SMILES string of the molecule is [CH]=CC(=O)c1ccc(OC)cc1. The van der Waals surface area contributed by atoms with Gasteiger partial charge in [0.25, 0.3) is 0 Å². The van der Waals surface area contributed by atoms with Gasteiger partial charge in [-0.3, -0.25) is 4.79 Å². The Kier molecular flexibility index (Phi) is 2.64. The molecule has 0 bridgehead atoms. The van der Waals surface area contributed by atoms with Crippen LogP contribution in [0.2, 0.25) is 0 Å². The van der Waals surface area contributed by atoms with E-state index in [2.05, 4.69) is 0 Å². The molecule has 0 saturated carbocycles. The molecule has 2 nitrogen and oxygen atoms in total. The fourth-order valence-electron chi connectivity index (χ4n) is 0.852. The Hall–Kier alpha value is -1.57. The van der Waals surface area contributed by atoms with Crippen molar-refractivity contribution in [1.29, 1.82) is 0 Å². The molecule has 1 aromatic rings. The summed E-state index contributed by atoms with van der Waals surface area (Å²) in [5.74, 6) is 0.543. The molecule has 0 spiro atoms. The van der Waals surface area contributed by atoms with E-state index >= 15 is 0 Å². The number of ether oxygens (including phenoxy) is 1. The molecule has 0 fully saturated rings. The van der Waals surface area contributed by atoms with E-state index in [0.717, 1.165) is 11.8 Å². The van der Waals surface area contributed by atoms with Crippen LogP contribution in [0.15, 0.2) is 30.3 Å². The maximum atomic E-state index is 11.0. The van der Waals surface area contributed by atoms with Crippen molar-refractivity contribution >= 4 is 5.78 Å². The minimum Gasteiger partial charge on any atom is -0.497 e. The van der Waals surface area contributed by atoms with E-state index in [-0.39, 0.29) is 5.78 Å². The summed E-state index contributed by atoms with van der Waals surface area (Å²) in [6.45, 7) is 5.07. The van der Waals surface area contributed by atoms with Crippen LogP contribution in [-0.4, -0.2) is 12.9 Å². The second kappa shape index (κ2) is 3.72. The van der Waals surface area contributed by atoms with Crippen LogP contribution in [0.3, 0.4) is 0 Å². The standard InChI is InChI=1S/C10H9O2/c1-3-10(11)8-4-6-9(12-2)7-5-8/h1,3-7H,2H3. The molecule has 0 amide bonds. The summed E-state index contributed by atoms with van der Waals surface area (Å²) < 4.78 is 4.93. The minimum atomic E-state index is -0.183. The highest BCUT2D eigenvalue weighted by atomic mass is 16.5. The zero-order chi connectivity index (χ0) is 8.97. The van der Waals surface area contributed by atoms with Crippen molar-refractivity contribution in [1.82, 2.24) is 0 Å². The third-order valence-corrected chi connectivity index (χ3v) is 1.53. The summed E-state index contributed by atoms with van der Waals surface area (Å²) in [6.07, 6.45) is 1.04. The molecular weight excluding hydrogens is 152 g/mol. The fraction of sp³-hybridized carbons (Fsp3) is 0.100. The zero-order valence-corrected chi connectivity index (χ0v) is 6.78. The van der Waals surface area contributed by atoms with Crippen LogP contribution < -0.4 is 4.74 Å². The molecule has 1 rings (SSSR count). The Morgan fingerprint density at radius 2 is 2.00 bits per heavy atom. The van der Waals surface area contributed by atoms with E-state index < -0.39 is 0 Å². The number of allylic oxidation sites excluding steroid dienone is 1. The zero-order valence-electron chi connectivity index (χ0n) is 6.78. The van der Waals surface area contributed by atoms with Crippen LogP contribution in [0.1, 0.15) is 10.4 Å². The molecule has 12 heavy (non-hydrogen) atoms. The van der Waals surface area contributed by atoms with Crippen molar-refractivity contribution in [3.63, 3.8) is 0 Å². The average Bonchev–Trinajstić information content (AvgIpc) is 2.17. The molecule has 0 aliphatic carbocycles. The Bertz CT molecular complexity index is 285. The van der Waals surface area contributed by atoms with Gasteiger partial charge in [0.15, 0.2) is 5.78 Å². The molecule has 0 N–H and O–H groups in total. The predicted molar refractivity (Wildman–Crippen MR) is 46.2 cm³/mol. The maximum Gasteiger partial charge on any atom is 0.185 e. The molecule has 0 unspecified atom stereocenters. The number of hydrogen-bond acceptors (Lipinski definition) is 2. The Labute approximate surface area is 71.5 Å². The summed E-state index contributed by atoms with van der Waals surface area (Å²) in [7, 11) is 1.58. The first-order chi connectivity index (χ1) is 5.77. The van der Waals surface area contributed by atoms with Gasteiger partial charge in [-0.15, -0.1) is 0 Å². The van der Waals surface area contributed by atoms with Gasteiger partial charge in [0.1, 0.15) is 5.75 Å². The summed E-state index contributed by atoms with van der Waals surface area (Å²) in [5.41, 5.74) is 0.568. The van der Waals surface area contributed by atoms with Crippen molar-refractivity contribution in [3.05, 3.63) is 42.5 Å². The monoisotopic (exact) mass is 161 g/mol. The summed E-state index contributed by atoms with van der Waals surface area (Å²) in [5, 5.41) is 0. The number of carbonyl (C=O) groups excluding carboxylic acids is 1. The Morgan fingerprint density at radius 3 is 2.42 bits per heavy atom. The highest BCUT2D eigenvalue weighted by molar-refractivity contribution is 6.03. The number of rotatable bonds is 3. The smallest absolute Gasteiger partial charge is 0.185 e. The first-order valence-corrected chi connectivity index (χ1v) is 3.51. The molecular formula is C10H9O2. The molecule has 1 aromatic carbocycles. The lowest BCUT2D eigenvalue weighted by atomic mass is 10.1. The lowest BCUT2D eigenvalue weighted by Gasteiger charge is -1.99. The van der Waals surface area contributed by atoms with Gasteiger partial charge in [-0.1, -0.05) is 6.58 Å². The van der Waals surface area contributed by atoms with Gasteiger partial charge in [-0.05, 0) is 30.3 Å². The lowest BCUT2D eigenvalue weighted by Crippen LogP contribution is -1.92. The van der Waals surface area contributed by atoms with E-state index in [1.807, 2.05) is 0 Å². The molecule has 2 heteroatoms. The van der Waals surface area contributed by atoms with Crippen molar-refractivity contribution in [3.8, 4) is 5.75 Å². The number of ketones is 1. The number of hydrogen-bond donors (Lipinski definition) is 0. The normalized spacial score (nSPS) is 9.08. The third-order valence-electron chi connectivity index (χ3n) is 1.53. The third kappa shape index (κ3) is 1.72. The van der Waals surface area contributed by atoms with E-state index in [4.69, 9.17) is 11.3 Å². The lowest BCUT2D eigenvalue weighted by molar-refractivity contribution is 0.104. The summed E-state index contributed by atoms with van der Waals surface area (Å²) >= 11 is 0. The molecule has 0 atom stereocenters. The van der Waals surface area contributed by atoms with Gasteiger partial charge in [0.05, 0.1) is 7.11 Å². The first-order valence-electron chi connectivity index (χ1n) is 3.51. The number of benzene rings is 1. The van der Waals surface area contributed by atoms with Gasteiger partial charge in [-0.25, -0.2) is 0 Å². The Morgan fingerprint density at radius 1 is 1.42 bits per heavy atom. The number of carbonyl (C=O) groups is 1. The van der Waals surface area contributed by atoms with Gasteiger partial charge < -0.3 is 4.74 Å². The average molecular weight is 161 g/mol. The van der Waals surface area contributed by atoms with Crippen molar-refractivity contribution in [2.24, 2.45) is 0 Å². The second-order valence-electron chi connectivity index (χ2n) is 2.26. The molecule has 0 heterocycles. The van der Waals surface area contributed by atoms with Crippen molar-refractivity contribution < 1.29 is 9.53 Å². The van der Waals surface area contributed by atoms with Crippen molar-refractivity contribution in [2.45, 2.75) is 0 Å². The molecule has 0 aliphatic rings. The molecule has 61 valence electrons. The highest BCUT2D eigenvalue weighted by Gasteiger charge is 1.99. The van der Waals surface area contributed by atoms with E-state index in [1.165, 1.54) is 0 Å². The van der Waals surface area contributed by atoms with Gasteiger partial charge in [0.2, 0.25) is 0 Å². The van der Waals surface area contributed by atoms with Crippen LogP contribution >= 0.6 is 0 Å². The highest BCUT2D eigenvalue weighted by Crippen LogP contribution is 2.11. The molecule has 0 aliphatic heterocycles. The quantitative estimate of drug-likeness (QED) is 0.499. The fourth-order valence-corrected chi connectivity index (χ4v) is 0.852. The topological polar surface area (TPSA) is 26.3 Å². The van der Waals surface area contributed by atoms with Gasteiger partial charge in [-0.2, -0.15) is 0 Å². The van der Waals surface area contributed by atoms with E-state index in [0.29, 0.717) is 5.56 Å². The predicted octanol–water partition coefficient (Wildman–Crippen LogP) is 1.87. The van der Waals surface area contributed by atoms with E-state index in [1.54, 1.807) is 31.4 Å². The summed E-state index contributed by atoms with van der Waals surface area (Å²) in [6, 6.07) is 6.78. The molecule has 0 saturated heterocycles. The van der Waals surface area contributed by atoms with Gasteiger partial charge >= 0.3 is 0 Å². The second-order valence-corrected chi connectivity index (χ2v) is 2.26. The minimum absolute atomic E-state index is 0.183. The first kappa shape index (κ1) is 8.53. The van der Waals surface area contributed by atoms with E-state index in [9.17, 15) is 4.79 Å². The largest absolute Gasteiger partial charge is 0.497 e. The maximum absolute atomic E-state index is 11.0. The summed E-state index contributed by atoms with van der Waals surface area (Å²) in [4.78, 5) is 11.0. The van der Waals surface area contributed by atoms with Crippen LogP contribution in [0.4, 0.5) is 0 Å². The van der Waals surface area contributed by atoms with Crippen LogP contribution in [0, 0.1) is 6.58 Å².